The van der Waals surface area contributed by atoms with Crippen LogP contribution in [0.2, 0.25) is 5.02 Å². The number of aryl methyl sites for hydroxylation is 1. The third kappa shape index (κ3) is 5.87. The third-order valence-electron chi connectivity index (χ3n) is 9.71. The van der Waals surface area contributed by atoms with Crippen LogP contribution in [-0.2, 0) is 21.9 Å². The van der Waals surface area contributed by atoms with E-state index in [1.54, 1.807) is 37.3 Å². The van der Waals surface area contributed by atoms with Gasteiger partial charge in [-0.1, -0.05) is 36.7 Å². The van der Waals surface area contributed by atoms with Crippen molar-refractivity contribution in [1.82, 2.24) is 0 Å². The zero-order chi connectivity index (χ0) is 29.6. The summed E-state index contributed by atoms with van der Waals surface area (Å²) >= 11 is 6.35. The average Bonchev–Trinajstić information content (AvgIpc) is 3.06. The molecule has 4 N–H and O–H groups in total. The molecule has 1 heterocycles. The van der Waals surface area contributed by atoms with Gasteiger partial charge in [-0.15, -0.1) is 0 Å². The topological polar surface area (TPSA) is 130 Å². The number of aromatic carboxylic acids is 1. The number of carboxylic acids is 1. The first-order valence-corrected chi connectivity index (χ1v) is 16.2. The Morgan fingerprint density at radius 3 is 2.73 bits per heavy atom. The van der Waals surface area contributed by atoms with Gasteiger partial charge in [0, 0.05) is 28.9 Å². The third-order valence-corrected chi connectivity index (χ3v) is 11.3. The normalized spacial score (nSPS) is 27.3. The SMILES string of the molecule is CC(C/C=C/C(O)[C@]1(C)CC[C@H]1CN1C[C@@]2(CCCc3cc(Cl)ccc32)COc2ccc(C(=O)O)cc21)S(N)(=O)=O. The Morgan fingerprint density at radius 2 is 2.05 bits per heavy atom. The van der Waals surface area contributed by atoms with Crippen LogP contribution in [-0.4, -0.2) is 55.7 Å². The van der Waals surface area contributed by atoms with Crippen LogP contribution in [0.4, 0.5) is 5.69 Å². The van der Waals surface area contributed by atoms with E-state index in [0.717, 1.165) is 37.8 Å². The number of benzene rings is 2. The van der Waals surface area contributed by atoms with Gasteiger partial charge in [-0.05, 0) is 92.8 Å². The number of carboxylic acid groups (broad SMARTS) is 1. The fourth-order valence-electron chi connectivity index (χ4n) is 6.76. The first-order chi connectivity index (χ1) is 19.3. The molecule has 10 heteroatoms. The van der Waals surface area contributed by atoms with Crippen LogP contribution in [0.1, 0.15) is 67.4 Å². The number of carbonyl (C=O) groups is 1. The summed E-state index contributed by atoms with van der Waals surface area (Å²) in [7, 11) is -3.64. The molecule has 0 radical (unpaired) electrons. The first-order valence-electron chi connectivity index (χ1n) is 14.2. The monoisotopic (exact) mass is 602 g/mol. The Bertz CT molecular complexity index is 1460. The molecule has 2 aromatic rings. The molecule has 2 aromatic carbocycles. The number of aliphatic hydroxyl groups excluding tert-OH is 1. The molecule has 1 fully saturated rings. The van der Waals surface area contributed by atoms with Crippen molar-refractivity contribution in [2.45, 2.75) is 69.1 Å². The van der Waals surface area contributed by atoms with Gasteiger partial charge in [0.1, 0.15) is 5.75 Å². The number of rotatable bonds is 8. The second-order valence-corrected chi connectivity index (χ2v) is 14.8. The van der Waals surface area contributed by atoms with Gasteiger partial charge in [0.2, 0.25) is 10.0 Å². The number of ether oxygens (including phenoxy) is 1. The van der Waals surface area contributed by atoms with Crippen LogP contribution in [0, 0.1) is 11.3 Å². The largest absolute Gasteiger partial charge is 0.490 e. The number of aliphatic hydroxyl groups is 1. The van der Waals surface area contributed by atoms with Crippen LogP contribution in [0.25, 0.3) is 0 Å². The van der Waals surface area contributed by atoms with E-state index in [1.165, 1.54) is 11.1 Å². The Hall–Kier alpha value is -2.59. The molecule has 1 saturated carbocycles. The van der Waals surface area contributed by atoms with E-state index in [4.69, 9.17) is 21.5 Å². The van der Waals surface area contributed by atoms with Gasteiger partial charge >= 0.3 is 5.97 Å². The number of hydrogen-bond donors (Lipinski definition) is 3. The van der Waals surface area contributed by atoms with Crippen molar-refractivity contribution in [3.63, 3.8) is 0 Å². The van der Waals surface area contributed by atoms with Gasteiger partial charge in [0.15, 0.2) is 0 Å². The minimum Gasteiger partial charge on any atom is -0.490 e. The Labute approximate surface area is 247 Å². The molecule has 0 amide bonds. The summed E-state index contributed by atoms with van der Waals surface area (Å²) in [5.41, 5.74) is 2.71. The van der Waals surface area contributed by atoms with Crippen LogP contribution < -0.4 is 14.8 Å². The van der Waals surface area contributed by atoms with E-state index < -0.39 is 32.8 Å². The van der Waals surface area contributed by atoms with Crippen molar-refractivity contribution in [2.75, 3.05) is 24.6 Å². The predicted octanol–water partition coefficient (Wildman–Crippen LogP) is 4.91. The fraction of sp³-hybridized carbons (Fsp3) is 0.516. The van der Waals surface area contributed by atoms with E-state index in [2.05, 4.69) is 17.9 Å². The molecular weight excluding hydrogens is 564 g/mol. The lowest BCUT2D eigenvalue weighted by Gasteiger charge is -2.52. The molecule has 0 saturated heterocycles. The van der Waals surface area contributed by atoms with Crippen molar-refractivity contribution in [2.24, 2.45) is 16.5 Å². The van der Waals surface area contributed by atoms with Crippen molar-refractivity contribution >= 4 is 33.3 Å². The minimum atomic E-state index is -3.64. The predicted molar refractivity (Wildman–Crippen MR) is 160 cm³/mol. The fourth-order valence-corrected chi connectivity index (χ4v) is 7.33. The molecule has 1 aliphatic heterocycles. The Kier molecular flexibility index (Phi) is 8.20. The zero-order valence-electron chi connectivity index (χ0n) is 23.6. The number of halogens is 1. The van der Waals surface area contributed by atoms with Crippen molar-refractivity contribution < 1.29 is 28.2 Å². The van der Waals surface area contributed by atoms with Gasteiger partial charge in [-0.3, -0.25) is 0 Å². The molecule has 2 unspecified atom stereocenters. The van der Waals surface area contributed by atoms with Gasteiger partial charge in [-0.25, -0.2) is 18.4 Å². The highest BCUT2D eigenvalue weighted by atomic mass is 35.5. The number of fused-ring (bicyclic) bond motifs is 3. The maximum Gasteiger partial charge on any atom is 0.335 e. The lowest BCUT2D eigenvalue weighted by molar-refractivity contribution is -0.0469. The zero-order valence-corrected chi connectivity index (χ0v) is 25.1. The minimum absolute atomic E-state index is 0.127. The van der Waals surface area contributed by atoms with Crippen LogP contribution in [0.5, 0.6) is 5.75 Å². The highest BCUT2D eigenvalue weighted by Gasteiger charge is 2.49. The van der Waals surface area contributed by atoms with E-state index in [-0.39, 0.29) is 23.3 Å². The summed E-state index contributed by atoms with van der Waals surface area (Å²) in [6, 6.07) is 11.1. The van der Waals surface area contributed by atoms with E-state index in [9.17, 15) is 23.4 Å². The quantitative estimate of drug-likeness (QED) is 0.366. The van der Waals surface area contributed by atoms with Crippen LogP contribution >= 0.6 is 11.6 Å². The lowest BCUT2D eigenvalue weighted by atomic mass is 9.58. The Morgan fingerprint density at radius 1 is 1.27 bits per heavy atom. The summed E-state index contributed by atoms with van der Waals surface area (Å²) < 4.78 is 29.6. The first kappa shape index (κ1) is 29.9. The highest BCUT2D eigenvalue weighted by Crippen LogP contribution is 2.52. The molecule has 2 aliphatic carbocycles. The average molecular weight is 603 g/mol. The number of sulfonamides is 1. The number of nitrogens with two attached hydrogens (primary N) is 1. The number of primary sulfonamides is 1. The second kappa shape index (κ2) is 11.2. The molecule has 5 atom stereocenters. The van der Waals surface area contributed by atoms with Crippen LogP contribution in [0.3, 0.4) is 0 Å². The van der Waals surface area contributed by atoms with Crippen LogP contribution in [0.15, 0.2) is 48.6 Å². The van der Waals surface area contributed by atoms with Crippen molar-refractivity contribution in [3.8, 4) is 5.75 Å². The molecule has 5 rings (SSSR count). The smallest absolute Gasteiger partial charge is 0.335 e. The summed E-state index contributed by atoms with van der Waals surface area (Å²) in [5.74, 6) is -0.207. The molecule has 8 nitrogen and oxygen atoms in total. The lowest BCUT2D eigenvalue weighted by Crippen LogP contribution is -2.53. The highest BCUT2D eigenvalue weighted by molar-refractivity contribution is 7.89. The summed E-state index contributed by atoms with van der Waals surface area (Å²) in [4.78, 5) is 14.2. The number of anilines is 1. The van der Waals surface area contributed by atoms with E-state index in [1.807, 2.05) is 12.1 Å². The number of hydrogen-bond acceptors (Lipinski definition) is 6. The van der Waals surface area contributed by atoms with Gasteiger partial charge in [0.25, 0.3) is 0 Å². The van der Waals surface area contributed by atoms with Gasteiger partial charge in [-0.2, -0.15) is 0 Å². The van der Waals surface area contributed by atoms with Crippen molar-refractivity contribution in [1.29, 1.82) is 0 Å². The molecule has 41 heavy (non-hydrogen) atoms. The van der Waals surface area contributed by atoms with Gasteiger partial charge < -0.3 is 19.8 Å². The second-order valence-electron chi connectivity index (χ2n) is 12.3. The summed E-state index contributed by atoms with van der Waals surface area (Å²) in [6.45, 7) is 5.38. The molecule has 1 spiro atoms. The maximum atomic E-state index is 11.9. The molecule has 3 aliphatic rings. The summed E-state index contributed by atoms with van der Waals surface area (Å²) in [5, 5.41) is 26.2. The van der Waals surface area contributed by atoms with E-state index in [0.29, 0.717) is 30.5 Å². The number of allylic oxidation sites excluding steroid dienone is 1. The maximum absolute atomic E-state index is 11.9. The molecule has 0 bridgehead atoms. The van der Waals surface area contributed by atoms with E-state index >= 15 is 0 Å². The van der Waals surface area contributed by atoms with Gasteiger partial charge in [0.05, 0.1) is 29.2 Å². The molecule has 0 aromatic heterocycles. The van der Waals surface area contributed by atoms with Crippen molar-refractivity contribution in [3.05, 3.63) is 70.3 Å². The number of nitrogens with zero attached hydrogens (tertiary/aromatic N) is 1. The summed E-state index contributed by atoms with van der Waals surface area (Å²) in [6.07, 6.45) is 7.51. The standard InChI is InChI=1S/C31H39ClN2O6S/c1-20(41(33,38)39)5-3-7-28(35)30(2)14-12-23(30)17-34-18-31(13-4-6-21-15-24(32)9-10-25(21)31)19-40-27-11-8-22(29(36)37)16-26(27)34/h3,7-11,15-16,20,23,28,35H,4-6,12-14,17-19H2,1-2H3,(H,36,37)(H2,33,38,39)/b7-3+/t20?,23-,28?,30+,31-/m0/s1. The Balaban J connectivity index is 1.45. The molecule has 222 valence electrons. The molecular formula is C31H39ClN2O6S.